The van der Waals surface area contributed by atoms with E-state index in [2.05, 4.69) is 41.5 Å². The van der Waals surface area contributed by atoms with Gasteiger partial charge < -0.3 is 5.11 Å². The van der Waals surface area contributed by atoms with Crippen molar-refractivity contribution >= 4 is 25.7 Å². The van der Waals surface area contributed by atoms with E-state index >= 15 is 0 Å². The van der Waals surface area contributed by atoms with Crippen molar-refractivity contribution in [1.82, 2.24) is 0 Å². The van der Waals surface area contributed by atoms with Crippen LogP contribution in [0, 0.1) is 17.8 Å². The normalized spacial score (nSPS) is 11.0. The average Bonchev–Trinajstić information content (AvgIpc) is 1.96. The van der Waals surface area contributed by atoms with Gasteiger partial charge in [-0.05, 0) is 0 Å². The zero-order valence-electron chi connectivity index (χ0n) is 12.8. The summed E-state index contributed by atoms with van der Waals surface area (Å²) in [5, 5.41) is 7.42. The maximum atomic E-state index is 9.00. The first-order chi connectivity index (χ1) is 7.65. The van der Waals surface area contributed by atoms with Crippen LogP contribution in [0.3, 0.4) is 0 Å². The molecule has 0 aliphatic carbocycles. The number of carboxylic acid groups (broad SMARTS) is 1. The van der Waals surface area contributed by atoms with Crippen LogP contribution < -0.4 is 0 Å². The van der Waals surface area contributed by atoms with E-state index in [1.54, 1.807) is 13.3 Å². The Hall–Kier alpha value is 0.269. The van der Waals surface area contributed by atoms with Gasteiger partial charge in [-0.1, -0.05) is 0 Å². The van der Waals surface area contributed by atoms with E-state index in [1.165, 1.54) is 0 Å². The van der Waals surface area contributed by atoms with Gasteiger partial charge in [0.25, 0.3) is 5.97 Å². The molecule has 0 spiro atoms. The fourth-order valence-corrected chi connectivity index (χ4v) is 15.4. The zero-order valence-corrected chi connectivity index (χ0v) is 16.1. The van der Waals surface area contributed by atoms with Crippen LogP contribution >= 0.6 is 0 Å². The first-order valence-corrected chi connectivity index (χ1v) is 13.8. The number of carboxylic acids is 1. The summed E-state index contributed by atoms with van der Waals surface area (Å²) < 4.78 is 4.87. The summed E-state index contributed by atoms with van der Waals surface area (Å²) in [4.78, 5) is 9.00. The second-order valence-electron chi connectivity index (χ2n) is 6.27. The predicted molar refractivity (Wildman–Crippen MR) is 79.4 cm³/mol. The van der Waals surface area contributed by atoms with Gasteiger partial charge in [-0.15, -0.1) is 0 Å². The fraction of sp³-hybridized carbons (Fsp3) is 0.929. The molecule has 0 radical (unpaired) electrons. The Morgan fingerprint density at radius 2 is 1.06 bits per heavy atom. The maximum absolute atomic E-state index is 9.00. The second-order valence-corrected chi connectivity index (χ2v) is 15.3. The minimum atomic E-state index is -1.11. The molecule has 0 unspecified atom stereocenters. The van der Waals surface area contributed by atoms with Crippen LogP contribution in [-0.4, -0.2) is 30.8 Å². The first-order valence-electron chi connectivity index (χ1n) is 6.84. The monoisotopic (exact) mass is 352 g/mol. The molecule has 2 nitrogen and oxygen atoms in total. The van der Waals surface area contributed by atoms with E-state index in [-0.39, 0.29) is 0 Å². The predicted octanol–water partition coefficient (Wildman–Crippen LogP) is 4.27. The van der Waals surface area contributed by atoms with Crippen molar-refractivity contribution in [2.75, 3.05) is 0 Å². The van der Waals surface area contributed by atoms with E-state index in [0.717, 1.165) is 24.7 Å². The Morgan fingerprint density at radius 1 is 0.882 bits per heavy atom. The van der Waals surface area contributed by atoms with Crippen molar-refractivity contribution < 1.29 is 9.90 Å². The molecule has 0 bridgehead atoms. The van der Waals surface area contributed by atoms with E-state index in [4.69, 9.17) is 9.90 Å². The number of rotatable bonds is 6. The summed E-state index contributed by atoms with van der Waals surface area (Å²) in [6.07, 6.45) is 0. The summed E-state index contributed by atoms with van der Waals surface area (Å²) >= 11 is -1.11. The molecule has 0 aromatic rings. The van der Waals surface area contributed by atoms with Crippen LogP contribution in [-0.2, 0) is 4.79 Å². The van der Waals surface area contributed by atoms with E-state index in [9.17, 15) is 0 Å². The summed E-state index contributed by atoms with van der Waals surface area (Å²) in [5.41, 5.74) is 0. The average molecular weight is 351 g/mol. The van der Waals surface area contributed by atoms with Crippen LogP contribution in [0.25, 0.3) is 0 Å². The molecule has 1 N–H and O–H groups in total. The van der Waals surface area contributed by atoms with Crippen molar-refractivity contribution in [3.05, 3.63) is 0 Å². The summed E-state index contributed by atoms with van der Waals surface area (Å²) in [6.45, 7) is 15.4. The Labute approximate surface area is 115 Å². The molecule has 0 heterocycles. The number of carbonyl (C=O) groups is 1. The third-order valence-corrected chi connectivity index (χ3v) is 16.2. The van der Waals surface area contributed by atoms with Gasteiger partial charge in [0, 0.05) is 6.92 Å². The van der Waals surface area contributed by atoms with Gasteiger partial charge in [-0.2, -0.15) is 0 Å². The fourth-order valence-electron chi connectivity index (χ4n) is 2.29. The van der Waals surface area contributed by atoms with Crippen LogP contribution in [0.2, 0.25) is 13.3 Å². The first kappa shape index (κ1) is 19.6. The number of hydrogen-bond donors (Lipinski definition) is 1. The molecule has 0 amide bonds. The molecule has 0 aliphatic rings. The second kappa shape index (κ2) is 11.4. The van der Waals surface area contributed by atoms with Crippen molar-refractivity contribution in [2.45, 2.75) is 61.8 Å². The molecule has 0 aromatic heterocycles. The molecule has 0 saturated heterocycles. The Balaban J connectivity index is 0. The third-order valence-electron chi connectivity index (χ3n) is 2.41. The van der Waals surface area contributed by atoms with Crippen molar-refractivity contribution in [2.24, 2.45) is 17.8 Å². The van der Waals surface area contributed by atoms with Crippen molar-refractivity contribution in [3.8, 4) is 0 Å². The van der Waals surface area contributed by atoms with Gasteiger partial charge in [0.15, 0.2) is 0 Å². The summed E-state index contributed by atoms with van der Waals surface area (Å²) in [6, 6.07) is 0. The topological polar surface area (TPSA) is 37.3 Å². The molecule has 0 saturated carbocycles. The SMILES string of the molecule is CC(=O)O.CC(C)[CH2][SnH]([CH2]C(C)C)[CH2]C(C)C. The van der Waals surface area contributed by atoms with Crippen molar-refractivity contribution in [1.29, 1.82) is 0 Å². The zero-order chi connectivity index (χ0) is 14.0. The van der Waals surface area contributed by atoms with Gasteiger partial charge in [-0.25, -0.2) is 0 Å². The molecular weight excluding hydrogens is 319 g/mol. The molecule has 0 fully saturated rings. The van der Waals surface area contributed by atoms with Crippen molar-refractivity contribution in [3.63, 3.8) is 0 Å². The third kappa shape index (κ3) is 22.0. The number of aliphatic carboxylic acids is 1. The summed E-state index contributed by atoms with van der Waals surface area (Å²) in [7, 11) is 0. The van der Waals surface area contributed by atoms with E-state index < -0.39 is 25.7 Å². The molecule has 17 heavy (non-hydrogen) atoms. The molecular formula is C14H32O2Sn. The standard InChI is InChI=1S/3C4H9.C2H4O2.Sn.H/c3*1-4(2)3;1-2(3)4;;/h3*4H,1H2,2-3H3;1H3,(H,3,4);;. The number of hydrogen-bond acceptors (Lipinski definition) is 1. The molecule has 0 atom stereocenters. The Bertz CT molecular complexity index is 161. The van der Waals surface area contributed by atoms with Crippen LogP contribution in [0.15, 0.2) is 0 Å². The van der Waals surface area contributed by atoms with Crippen LogP contribution in [0.1, 0.15) is 48.5 Å². The Kier molecular flexibility index (Phi) is 13.1. The summed E-state index contributed by atoms with van der Waals surface area (Å²) in [5.74, 6) is 2.04. The van der Waals surface area contributed by atoms with Crippen LogP contribution in [0.5, 0.6) is 0 Å². The van der Waals surface area contributed by atoms with Gasteiger partial charge >= 0.3 is 92.4 Å². The van der Waals surface area contributed by atoms with Gasteiger partial charge in [-0.3, -0.25) is 4.79 Å². The molecule has 0 rings (SSSR count). The molecule has 0 aliphatic heterocycles. The minimum absolute atomic E-state index is 0.833. The van der Waals surface area contributed by atoms with Gasteiger partial charge in [0.05, 0.1) is 0 Å². The molecule has 0 aromatic carbocycles. The quantitative estimate of drug-likeness (QED) is 0.726. The van der Waals surface area contributed by atoms with Crippen LogP contribution in [0.4, 0.5) is 0 Å². The van der Waals surface area contributed by atoms with Gasteiger partial charge in [0.2, 0.25) is 0 Å². The van der Waals surface area contributed by atoms with E-state index in [1.807, 2.05) is 0 Å². The Morgan fingerprint density at radius 3 is 1.18 bits per heavy atom. The molecule has 104 valence electrons. The van der Waals surface area contributed by atoms with Gasteiger partial charge in [0.1, 0.15) is 0 Å². The van der Waals surface area contributed by atoms with E-state index in [0.29, 0.717) is 0 Å². The molecule has 3 heteroatoms.